The molecule has 1 aliphatic carbocycles. The Morgan fingerprint density at radius 3 is 2.87 bits per heavy atom. The van der Waals surface area contributed by atoms with Gasteiger partial charge in [-0.25, -0.2) is 4.98 Å². The van der Waals surface area contributed by atoms with Gasteiger partial charge in [0.15, 0.2) is 0 Å². The van der Waals surface area contributed by atoms with E-state index in [2.05, 4.69) is 5.32 Å². The molecule has 2 N–H and O–H groups in total. The number of hydrogen-bond donors (Lipinski definition) is 2. The molecular formula is C22H27N5O3. The van der Waals surface area contributed by atoms with E-state index in [1.54, 1.807) is 25.4 Å². The molecule has 1 fully saturated rings. The number of carbonyl (C=O) groups excluding carboxylic acids is 1. The highest BCUT2D eigenvalue weighted by Gasteiger charge is 2.23. The molecule has 3 aromatic rings. The Bertz CT molecular complexity index is 1190. The van der Waals surface area contributed by atoms with Crippen molar-refractivity contribution in [2.75, 3.05) is 20.3 Å². The zero-order valence-electron chi connectivity index (χ0n) is 17.2. The maximum atomic E-state index is 13.2. The SMILES string of the molecule is COCCCNC(=O)c1cc2c(=O)n3ccccc3nc2n(C2CCCCC2)c1=N. The summed E-state index contributed by atoms with van der Waals surface area (Å²) in [4.78, 5) is 30.8. The zero-order chi connectivity index (χ0) is 21.1. The minimum atomic E-state index is -0.347. The van der Waals surface area contributed by atoms with Crippen molar-refractivity contribution in [3.63, 3.8) is 0 Å². The molecule has 0 atom stereocenters. The summed E-state index contributed by atoms with van der Waals surface area (Å²) in [5, 5.41) is 12.0. The summed E-state index contributed by atoms with van der Waals surface area (Å²) < 4.78 is 8.32. The molecule has 0 radical (unpaired) electrons. The second-order valence-electron chi connectivity index (χ2n) is 7.75. The number of pyridine rings is 2. The minimum absolute atomic E-state index is 0.0630. The molecule has 1 saturated carbocycles. The van der Waals surface area contributed by atoms with Crippen LogP contribution >= 0.6 is 0 Å². The van der Waals surface area contributed by atoms with Crippen LogP contribution in [0.5, 0.6) is 0 Å². The van der Waals surface area contributed by atoms with E-state index in [4.69, 9.17) is 15.1 Å². The van der Waals surface area contributed by atoms with Crippen LogP contribution in [0.4, 0.5) is 0 Å². The lowest BCUT2D eigenvalue weighted by atomic mass is 9.94. The average Bonchev–Trinajstić information content (AvgIpc) is 2.77. The highest BCUT2D eigenvalue weighted by molar-refractivity contribution is 5.96. The van der Waals surface area contributed by atoms with Crippen LogP contribution in [0.3, 0.4) is 0 Å². The minimum Gasteiger partial charge on any atom is -0.385 e. The first-order valence-electron chi connectivity index (χ1n) is 10.5. The predicted octanol–water partition coefficient (Wildman–Crippen LogP) is 2.40. The molecule has 4 rings (SSSR count). The van der Waals surface area contributed by atoms with E-state index in [1.807, 2.05) is 10.6 Å². The molecular weight excluding hydrogens is 382 g/mol. The van der Waals surface area contributed by atoms with Gasteiger partial charge in [-0.3, -0.25) is 19.4 Å². The Hall–Kier alpha value is -3.00. The maximum Gasteiger partial charge on any atom is 0.267 e. The number of fused-ring (bicyclic) bond motifs is 2. The number of nitrogens with zero attached hydrogens (tertiary/aromatic N) is 3. The molecule has 3 heterocycles. The molecule has 158 valence electrons. The van der Waals surface area contributed by atoms with Crippen molar-refractivity contribution in [2.24, 2.45) is 0 Å². The first-order chi connectivity index (χ1) is 14.6. The quantitative estimate of drug-likeness (QED) is 0.482. The van der Waals surface area contributed by atoms with Crippen molar-refractivity contribution in [3.05, 3.63) is 51.9 Å². The molecule has 0 spiro atoms. The van der Waals surface area contributed by atoms with Crippen LogP contribution in [-0.4, -0.2) is 40.1 Å². The fourth-order valence-electron chi connectivity index (χ4n) is 4.23. The fraction of sp³-hybridized carbons (Fsp3) is 0.455. The van der Waals surface area contributed by atoms with Gasteiger partial charge in [0, 0.05) is 32.5 Å². The monoisotopic (exact) mass is 409 g/mol. The molecule has 3 aromatic heterocycles. The molecule has 0 bridgehead atoms. The van der Waals surface area contributed by atoms with Gasteiger partial charge in [0.2, 0.25) is 0 Å². The third-order valence-electron chi connectivity index (χ3n) is 5.76. The van der Waals surface area contributed by atoms with Crippen molar-refractivity contribution >= 4 is 22.6 Å². The Balaban J connectivity index is 1.90. The van der Waals surface area contributed by atoms with Crippen molar-refractivity contribution in [3.8, 4) is 0 Å². The molecule has 1 amide bonds. The van der Waals surface area contributed by atoms with Gasteiger partial charge in [0.25, 0.3) is 11.5 Å². The largest absolute Gasteiger partial charge is 0.385 e. The third kappa shape index (κ3) is 3.75. The van der Waals surface area contributed by atoms with Gasteiger partial charge in [-0.05, 0) is 37.5 Å². The summed E-state index contributed by atoms with van der Waals surface area (Å²) in [5.74, 6) is -0.347. The number of rotatable bonds is 6. The van der Waals surface area contributed by atoms with E-state index in [0.29, 0.717) is 36.3 Å². The zero-order valence-corrected chi connectivity index (χ0v) is 17.2. The number of carbonyl (C=O) groups is 1. The maximum absolute atomic E-state index is 13.2. The van der Waals surface area contributed by atoms with Gasteiger partial charge >= 0.3 is 0 Å². The molecule has 0 aliphatic heterocycles. The van der Waals surface area contributed by atoms with E-state index in [-0.39, 0.29) is 28.6 Å². The van der Waals surface area contributed by atoms with E-state index in [9.17, 15) is 9.59 Å². The van der Waals surface area contributed by atoms with Crippen molar-refractivity contribution in [2.45, 2.75) is 44.6 Å². The van der Waals surface area contributed by atoms with Crippen LogP contribution in [0.25, 0.3) is 16.7 Å². The lowest BCUT2D eigenvalue weighted by Crippen LogP contribution is -2.37. The van der Waals surface area contributed by atoms with E-state index in [0.717, 1.165) is 25.7 Å². The van der Waals surface area contributed by atoms with Crippen LogP contribution in [0.2, 0.25) is 0 Å². The van der Waals surface area contributed by atoms with Crippen LogP contribution in [0.15, 0.2) is 35.3 Å². The lowest BCUT2D eigenvalue weighted by molar-refractivity contribution is 0.0946. The number of ether oxygens (including phenoxy) is 1. The second kappa shape index (κ2) is 8.79. The molecule has 8 nitrogen and oxygen atoms in total. The molecule has 1 aliphatic rings. The summed E-state index contributed by atoms with van der Waals surface area (Å²) in [6, 6.07) is 6.98. The highest BCUT2D eigenvalue weighted by Crippen LogP contribution is 2.29. The van der Waals surface area contributed by atoms with E-state index < -0.39 is 0 Å². The number of methoxy groups -OCH3 is 1. The van der Waals surface area contributed by atoms with Crippen LogP contribution in [0.1, 0.15) is 54.9 Å². The lowest BCUT2D eigenvalue weighted by Gasteiger charge is -2.26. The van der Waals surface area contributed by atoms with E-state index in [1.165, 1.54) is 16.9 Å². The van der Waals surface area contributed by atoms with Crippen LogP contribution in [0, 0.1) is 5.41 Å². The fourth-order valence-corrected chi connectivity index (χ4v) is 4.23. The Kier molecular flexibility index (Phi) is 5.94. The van der Waals surface area contributed by atoms with Crippen LogP contribution < -0.4 is 16.4 Å². The molecule has 8 heteroatoms. The van der Waals surface area contributed by atoms with Gasteiger partial charge < -0.3 is 14.6 Å². The normalized spacial score (nSPS) is 15.0. The molecule has 0 aromatic carbocycles. The molecule has 30 heavy (non-hydrogen) atoms. The molecule has 0 unspecified atom stereocenters. The molecule has 0 saturated heterocycles. The predicted molar refractivity (Wildman–Crippen MR) is 114 cm³/mol. The first kappa shape index (κ1) is 20.3. The number of aromatic nitrogens is 3. The summed E-state index contributed by atoms with van der Waals surface area (Å²) in [5.41, 5.74) is 1.12. The van der Waals surface area contributed by atoms with Crippen LogP contribution in [-0.2, 0) is 4.74 Å². The highest BCUT2D eigenvalue weighted by atomic mass is 16.5. The number of nitrogens with one attached hydrogen (secondary N) is 2. The summed E-state index contributed by atoms with van der Waals surface area (Å²) in [6.45, 7) is 0.994. The Morgan fingerprint density at radius 2 is 2.10 bits per heavy atom. The Morgan fingerprint density at radius 1 is 1.30 bits per heavy atom. The second-order valence-corrected chi connectivity index (χ2v) is 7.75. The van der Waals surface area contributed by atoms with E-state index >= 15 is 0 Å². The van der Waals surface area contributed by atoms with Crippen molar-refractivity contribution < 1.29 is 9.53 Å². The van der Waals surface area contributed by atoms with Crippen molar-refractivity contribution in [1.82, 2.24) is 19.3 Å². The number of hydrogen-bond acceptors (Lipinski definition) is 5. The van der Waals surface area contributed by atoms with Crippen molar-refractivity contribution in [1.29, 1.82) is 5.41 Å². The average molecular weight is 409 g/mol. The standard InChI is InChI=1S/C22H27N5O3/c1-30-13-7-11-24-21(28)16-14-17-20(25-18-10-5-6-12-26(18)22(17)29)27(19(16)23)15-8-3-2-4-9-15/h5-6,10,12,14-15,23H,2-4,7-9,11,13H2,1H3,(H,24,28). The first-order valence-corrected chi connectivity index (χ1v) is 10.5. The summed E-state index contributed by atoms with van der Waals surface area (Å²) >= 11 is 0. The third-order valence-corrected chi connectivity index (χ3v) is 5.76. The van der Waals surface area contributed by atoms with Gasteiger partial charge in [-0.15, -0.1) is 0 Å². The topological polar surface area (TPSA) is 101 Å². The summed E-state index contributed by atoms with van der Waals surface area (Å²) in [7, 11) is 1.62. The van der Waals surface area contributed by atoms with Gasteiger partial charge in [0.05, 0.1) is 10.9 Å². The van der Waals surface area contributed by atoms with Gasteiger partial charge in [0.1, 0.15) is 16.8 Å². The Labute approximate surface area is 174 Å². The number of amides is 1. The smallest absolute Gasteiger partial charge is 0.267 e. The summed E-state index contributed by atoms with van der Waals surface area (Å²) in [6.07, 6.45) is 7.49. The van der Waals surface area contributed by atoms with Gasteiger partial charge in [-0.2, -0.15) is 0 Å². The van der Waals surface area contributed by atoms with Gasteiger partial charge in [-0.1, -0.05) is 25.3 Å².